The van der Waals surface area contributed by atoms with Gasteiger partial charge >= 0.3 is 23.5 Å². The molecule has 2 unspecified atom stereocenters. The Morgan fingerprint density at radius 2 is 1.94 bits per heavy atom. The molecule has 2 saturated heterocycles. The molecule has 4 heterocycles. The van der Waals surface area contributed by atoms with Crippen LogP contribution in [0.15, 0.2) is 6.33 Å². The standard InChI is InChI=1S/C13H20N5O13P3S/c1-2-26-10-6-9(16-12(14)17-10)18(5-15-6)11-7-8(35)13(29-11,3-27-7)4-28-33(22,23)31-34(24,25)30-32(19,20)21/h5,7-8,11,35H,2-4H2,1H3,(H,22,23)(H,24,25)(H2,14,16,17)(H2,19,20,21)/t7-,8+,11-,13-/m1/s1. The van der Waals surface area contributed by atoms with Crippen LogP contribution >= 0.6 is 36.1 Å². The highest BCUT2D eigenvalue weighted by Crippen LogP contribution is 2.66. The van der Waals surface area contributed by atoms with Gasteiger partial charge in [-0.2, -0.15) is 31.2 Å². The topological polar surface area (TPSA) is 257 Å². The van der Waals surface area contributed by atoms with Crippen molar-refractivity contribution in [3.8, 4) is 5.88 Å². The lowest BCUT2D eigenvalue weighted by Gasteiger charge is -2.31. The van der Waals surface area contributed by atoms with Crippen molar-refractivity contribution in [2.45, 2.75) is 30.1 Å². The van der Waals surface area contributed by atoms with Gasteiger partial charge < -0.3 is 39.5 Å². The van der Waals surface area contributed by atoms with Gasteiger partial charge in [0.05, 0.1) is 31.4 Å². The van der Waals surface area contributed by atoms with Crippen molar-refractivity contribution in [3.63, 3.8) is 0 Å². The molecule has 2 aromatic heterocycles. The first kappa shape index (κ1) is 26.9. The molecule has 35 heavy (non-hydrogen) atoms. The van der Waals surface area contributed by atoms with Crippen LogP contribution < -0.4 is 10.5 Å². The molecule has 6 N–H and O–H groups in total. The largest absolute Gasteiger partial charge is 0.490 e. The second kappa shape index (κ2) is 9.29. The average Bonchev–Trinajstić information content (AvgIpc) is 3.33. The molecule has 2 bridgehead atoms. The maximum absolute atomic E-state index is 12.1. The molecule has 2 fully saturated rings. The van der Waals surface area contributed by atoms with Gasteiger partial charge in [0.2, 0.25) is 11.8 Å². The second-order valence-corrected chi connectivity index (χ2v) is 12.3. The number of nitrogens with zero attached hydrogens (tertiary/aromatic N) is 4. The molecule has 0 amide bonds. The molecule has 2 aliphatic heterocycles. The third-order valence-electron chi connectivity index (χ3n) is 4.86. The zero-order valence-corrected chi connectivity index (χ0v) is 21.1. The van der Waals surface area contributed by atoms with Gasteiger partial charge in [-0.05, 0) is 6.92 Å². The highest BCUT2D eigenvalue weighted by molar-refractivity contribution is 7.81. The van der Waals surface area contributed by atoms with Gasteiger partial charge in [0.25, 0.3) is 0 Å². The quantitative estimate of drug-likeness (QED) is 0.161. The fourth-order valence-electron chi connectivity index (χ4n) is 3.56. The summed E-state index contributed by atoms with van der Waals surface area (Å²) < 4.78 is 65.3. The van der Waals surface area contributed by atoms with Gasteiger partial charge in [0.15, 0.2) is 17.4 Å². The Morgan fingerprint density at radius 1 is 1.23 bits per heavy atom. The fraction of sp³-hybridized carbons (Fsp3) is 0.615. The number of nitrogen functional groups attached to an aromatic ring is 1. The van der Waals surface area contributed by atoms with Crippen molar-refractivity contribution < 1.29 is 60.6 Å². The van der Waals surface area contributed by atoms with E-state index >= 15 is 0 Å². The van der Waals surface area contributed by atoms with E-state index in [1.165, 1.54) is 10.9 Å². The minimum Gasteiger partial charge on any atom is -0.476 e. The summed E-state index contributed by atoms with van der Waals surface area (Å²) in [6, 6.07) is 0. The lowest BCUT2D eigenvalue weighted by atomic mass is 10.0. The highest BCUT2D eigenvalue weighted by Gasteiger charge is 2.62. The Morgan fingerprint density at radius 3 is 2.60 bits per heavy atom. The molecule has 6 atom stereocenters. The van der Waals surface area contributed by atoms with Crippen molar-refractivity contribution in [2.24, 2.45) is 0 Å². The number of phosphoric ester groups is 1. The van der Waals surface area contributed by atoms with Crippen LogP contribution in [0, 0.1) is 0 Å². The molecule has 22 heteroatoms. The number of fused-ring (bicyclic) bond motifs is 3. The Bertz CT molecular complexity index is 1270. The molecule has 196 valence electrons. The van der Waals surface area contributed by atoms with E-state index in [1.807, 2.05) is 0 Å². The Hall–Kier alpha value is -1.17. The zero-order chi connectivity index (χ0) is 25.8. The summed E-state index contributed by atoms with van der Waals surface area (Å²) in [7, 11) is -16.6. The van der Waals surface area contributed by atoms with Gasteiger partial charge in [-0.3, -0.25) is 9.09 Å². The number of phosphoric acid groups is 3. The van der Waals surface area contributed by atoms with Crippen LogP contribution in [0.1, 0.15) is 13.2 Å². The molecule has 2 aromatic rings. The molecule has 0 aromatic carbocycles. The van der Waals surface area contributed by atoms with Crippen LogP contribution in [0.25, 0.3) is 11.2 Å². The number of hydrogen-bond acceptors (Lipinski definition) is 14. The number of hydrogen-bond donors (Lipinski definition) is 6. The maximum atomic E-state index is 12.1. The van der Waals surface area contributed by atoms with Crippen LogP contribution in [0.2, 0.25) is 0 Å². The zero-order valence-electron chi connectivity index (χ0n) is 17.5. The predicted octanol–water partition coefficient (Wildman–Crippen LogP) is 0.115. The van der Waals surface area contributed by atoms with Crippen molar-refractivity contribution in [1.29, 1.82) is 0 Å². The van der Waals surface area contributed by atoms with E-state index in [1.54, 1.807) is 6.92 Å². The number of rotatable bonds is 10. The van der Waals surface area contributed by atoms with E-state index in [9.17, 15) is 23.5 Å². The monoisotopic (exact) mass is 579 g/mol. The van der Waals surface area contributed by atoms with E-state index < -0.39 is 53.3 Å². The summed E-state index contributed by atoms with van der Waals surface area (Å²) in [4.78, 5) is 48.7. The first-order valence-corrected chi connectivity index (χ1v) is 14.6. The molecular weight excluding hydrogens is 559 g/mol. The number of thiol groups is 1. The molecule has 4 rings (SSSR count). The normalized spacial score (nSPS) is 29.8. The Balaban J connectivity index is 1.53. The Labute approximate surface area is 201 Å². The molecular formula is C13H20N5O13P3S. The third-order valence-corrected chi connectivity index (χ3v) is 9.40. The van der Waals surface area contributed by atoms with Crippen molar-refractivity contribution in [1.82, 2.24) is 19.5 Å². The van der Waals surface area contributed by atoms with Crippen molar-refractivity contribution in [2.75, 3.05) is 25.6 Å². The summed E-state index contributed by atoms with van der Waals surface area (Å²) in [6.07, 6.45) is -0.233. The van der Waals surface area contributed by atoms with Gasteiger partial charge in [-0.1, -0.05) is 0 Å². The molecule has 0 spiro atoms. The first-order chi connectivity index (χ1) is 16.2. The van der Waals surface area contributed by atoms with Crippen molar-refractivity contribution >= 4 is 53.2 Å². The van der Waals surface area contributed by atoms with Gasteiger partial charge in [0, 0.05) is 0 Å². The van der Waals surface area contributed by atoms with Gasteiger partial charge in [-0.15, -0.1) is 0 Å². The lowest BCUT2D eigenvalue weighted by molar-refractivity contribution is -0.180. The summed E-state index contributed by atoms with van der Waals surface area (Å²) in [5, 5.41) is -0.734. The first-order valence-electron chi connectivity index (χ1n) is 9.54. The lowest BCUT2D eigenvalue weighted by Crippen LogP contribution is -2.43. The van der Waals surface area contributed by atoms with E-state index in [0.29, 0.717) is 12.1 Å². The Kier molecular flexibility index (Phi) is 7.14. The van der Waals surface area contributed by atoms with Gasteiger partial charge in [-0.25, -0.2) is 18.7 Å². The van der Waals surface area contributed by atoms with E-state index in [-0.39, 0.29) is 24.1 Å². The van der Waals surface area contributed by atoms with Crippen LogP contribution in [0.4, 0.5) is 5.95 Å². The molecule has 2 aliphatic rings. The summed E-state index contributed by atoms with van der Waals surface area (Å²) >= 11 is 4.47. The number of nitrogens with two attached hydrogens (primary N) is 1. The SMILES string of the molecule is CCOc1nc(N)nc2c1ncn2[C@@H]1O[C@@]2(COP(=O)(O)OP(=O)(O)OP(=O)(O)O)CO[C@@H]1[C@@H]2S. The molecule has 0 aliphatic carbocycles. The smallest absolute Gasteiger partial charge is 0.476 e. The summed E-state index contributed by atoms with van der Waals surface area (Å²) in [6.45, 7) is 1.17. The van der Waals surface area contributed by atoms with Crippen molar-refractivity contribution in [3.05, 3.63) is 6.33 Å². The summed E-state index contributed by atoms with van der Waals surface area (Å²) in [5.74, 6) is 0.0687. The number of aromatic nitrogens is 4. The van der Waals surface area contributed by atoms with E-state index in [4.69, 9.17) is 34.3 Å². The molecule has 0 saturated carbocycles. The molecule has 0 radical (unpaired) electrons. The third kappa shape index (κ3) is 5.57. The second-order valence-electron chi connectivity index (χ2n) is 7.30. The average molecular weight is 579 g/mol. The van der Waals surface area contributed by atoms with Crippen LogP contribution in [-0.4, -0.2) is 75.9 Å². The number of imidazole rings is 1. The van der Waals surface area contributed by atoms with E-state index in [2.05, 4.69) is 36.2 Å². The predicted molar refractivity (Wildman–Crippen MR) is 116 cm³/mol. The number of anilines is 1. The van der Waals surface area contributed by atoms with E-state index in [0.717, 1.165) is 0 Å². The van der Waals surface area contributed by atoms with Gasteiger partial charge in [0.1, 0.15) is 11.7 Å². The van der Waals surface area contributed by atoms with Crippen LogP contribution in [0.5, 0.6) is 5.88 Å². The minimum atomic E-state index is -5.67. The van der Waals surface area contributed by atoms with Crippen LogP contribution in [-0.2, 0) is 36.3 Å². The summed E-state index contributed by atoms with van der Waals surface area (Å²) in [5.41, 5.74) is 4.88. The molecule has 18 nitrogen and oxygen atoms in total. The maximum Gasteiger partial charge on any atom is 0.490 e. The number of ether oxygens (including phenoxy) is 3. The highest BCUT2D eigenvalue weighted by atomic mass is 32.1. The van der Waals surface area contributed by atoms with Crippen LogP contribution in [0.3, 0.4) is 0 Å². The fourth-order valence-corrected chi connectivity index (χ4v) is 7.08. The minimum absolute atomic E-state index is 0.0865.